The minimum atomic E-state index is -0.950. The van der Waals surface area contributed by atoms with Gasteiger partial charge in [-0.15, -0.1) is 11.8 Å². The number of carbonyl (C=O) groups excluding carboxylic acids is 1. The molecule has 7 heteroatoms. The first kappa shape index (κ1) is 15.5. The fourth-order valence-electron chi connectivity index (χ4n) is 1.56. The van der Waals surface area contributed by atoms with Crippen LogP contribution < -0.4 is 5.32 Å². The molecule has 2 aromatic rings. The Morgan fingerprint density at radius 1 is 1.33 bits per heavy atom. The second-order valence-corrected chi connectivity index (χ2v) is 5.25. The van der Waals surface area contributed by atoms with Gasteiger partial charge in [0.25, 0.3) is 0 Å². The molecule has 0 aliphatic rings. The van der Waals surface area contributed by atoms with E-state index in [1.54, 1.807) is 12.1 Å². The standard InChI is InChI=1S/C14H13F2NO3S/c15-10-4-3-9(6-11(10)16)21-8-14(19)17-7-12(18)13-2-1-5-20-13/h1-6,12,18H,7-8H2,(H,17,19). The number of carbonyl (C=O) groups is 1. The Labute approximate surface area is 124 Å². The van der Waals surface area contributed by atoms with Gasteiger partial charge in [-0.25, -0.2) is 8.78 Å². The van der Waals surface area contributed by atoms with Crippen molar-refractivity contribution in [2.75, 3.05) is 12.3 Å². The molecule has 1 aromatic carbocycles. The third kappa shape index (κ3) is 4.57. The van der Waals surface area contributed by atoms with Crippen molar-refractivity contribution in [1.29, 1.82) is 0 Å². The molecule has 0 fully saturated rings. The van der Waals surface area contributed by atoms with Crippen molar-refractivity contribution in [3.63, 3.8) is 0 Å². The number of amides is 1. The predicted molar refractivity (Wildman–Crippen MR) is 73.8 cm³/mol. The number of furan rings is 1. The fraction of sp³-hybridized carbons (Fsp3) is 0.214. The molecular weight excluding hydrogens is 300 g/mol. The van der Waals surface area contributed by atoms with Gasteiger partial charge < -0.3 is 14.8 Å². The van der Waals surface area contributed by atoms with E-state index in [0.29, 0.717) is 10.7 Å². The molecule has 0 bridgehead atoms. The van der Waals surface area contributed by atoms with E-state index in [0.717, 1.165) is 23.9 Å². The van der Waals surface area contributed by atoms with Crippen molar-refractivity contribution >= 4 is 17.7 Å². The van der Waals surface area contributed by atoms with Crippen molar-refractivity contribution in [1.82, 2.24) is 5.32 Å². The van der Waals surface area contributed by atoms with Gasteiger partial charge in [0.05, 0.1) is 18.6 Å². The highest BCUT2D eigenvalue weighted by molar-refractivity contribution is 8.00. The van der Waals surface area contributed by atoms with Gasteiger partial charge in [-0.2, -0.15) is 0 Å². The van der Waals surface area contributed by atoms with Gasteiger partial charge in [-0.05, 0) is 30.3 Å². The van der Waals surface area contributed by atoms with Crippen LogP contribution in [0.4, 0.5) is 8.78 Å². The van der Waals surface area contributed by atoms with Gasteiger partial charge >= 0.3 is 0 Å². The minimum absolute atomic E-state index is 0.0185. The van der Waals surface area contributed by atoms with Crippen LogP contribution in [-0.2, 0) is 4.79 Å². The number of aliphatic hydroxyl groups is 1. The highest BCUT2D eigenvalue weighted by atomic mass is 32.2. The number of halogens is 2. The van der Waals surface area contributed by atoms with E-state index in [-0.39, 0.29) is 18.2 Å². The van der Waals surface area contributed by atoms with Gasteiger partial charge in [0.1, 0.15) is 11.9 Å². The number of thioether (sulfide) groups is 1. The average molecular weight is 313 g/mol. The number of benzene rings is 1. The molecule has 0 aliphatic heterocycles. The molecule has 4 nitrogen and oxygen atoms in total. The van der Waals surface area contributed by atoms with Gasteiger partial charge in [-0.3, -0.25) is 4.79 Å². The maximum Gasteiger partial charge on any atom is 0.230 e. The maximum atomic E-state index is 13.0. The fourth-order valence-corrected chi connectivity index (χ4v) is 2.31. The molecule has 2 N–H and O–H groups in total. The van der Waals surface area contributed by atoms with Crippen LogP contribution in [0.25, 0.3) is 0 Å². The summed E-state index contributed by atoms with van der Waals surface area (Å²) >= 11 is 1.08. The minimum Gasteiger partial charge on any atom is -0.467 e. The number of aliphatic hydroxyl groups excluding tert-OH is 1. The van der Waals surface area contributed by atoms with Crippen LogP contribution in [-0.4, -0.2) is 23.3 Å². The van der Waals surface area contributed by atoms with Crippen molar-refractivity contribution in [3.05, 3.63) is 54.0 Å². The molecule has 0 radical (unpaired) electrons. The molecule has 1 unspecified atom stereocenters. The summed E-state index contributed by atoms with van der Waals surface area (Å²) in [6.07, 6.45) is 0.511. The third-order valence-corrected chi connectivity index (χ3v) is 3.62. The summed E-state index contributed by atoms with van der Waals surface area (Å²) in [7, 11) is 0. The monoisotopic (exact) mass is 313 g/mol. The van der Waals surface area contributed by atoms with Gasteiger partial charge in [0.2, 0.25) is 5.91 Å². The molecule has 0 saturated heterocycles. The Morgan fingerprint density at radius 2 is 2.14 bits per heavy atom. The number of rotatable bonds is 6. The van der Waals surface area contributed by atoms with Crippen LogP contribution in [0, 0.1) is 11.6 Å². The molecule has 21 heavy (non-hydrogen) atoms. The number of nitrogens with one attached hydrogen (secondary N) is 1. The summed E-state index contributed by atoms with van der Waals surface area (Å²) in [5.74, 6) is -1.80. The highest BCUT2D eigenvalue weighted by Crippen LogP contribution is 2.20. The van der Waals surface area contributed by atoms with Crippen molar-refractivity contribution in [3.8, 4) is 0 Å². The lowest BCUT2D eigenvalue weighted by Crippen LogP contribution is -2.29. The normalized spacial score (nSPS) is 12.1. The first-order chi connectivity index (χ1) is 10.1. The van der Waals surface area contributed by atoms with Crippen molar-refractivity contribution in [2.24, 2.45) is 0 Å². The Balaban J connectivity index is 1.75. The van der Waals surface area contributed by atoms with Crippen molar-refractivity contribution < 1.29 is 23.1 Å². The zero-order valence-corrected chi connectivity index (χ0v) is 11.7. The van der Waals surface area contributed by atoms with Gasteiger partial charge in [0, 0.05) is 4.90 Å². The van der Waals surface area contributed by atoms with Gasteiger partial charge in [-0.1, -0.05) is 0 Å². The van der Waals surface area contributed by atoms with Crippen LogP contribution in [0.3, 0.4) is 0 Å². The summed E-state index contributed by atoms with van der Waals surface area (Å²) < 4.78 is 30.7. The summed E-state index contributed by atoms with van der Waals surface area (Å²) in [5.41, 5.74) is 0. The summed E-state index contributed by atoms with van der Waals surface area (Å²) in [6, 6.07) is 6.68. The van der Waals surface area contributed by atoms with E-state index in [1.807, 2.05) is 0 Å². The molecular formula is C14H13F2NO3S. The lowest BCUT2D eigenvalue weighted by Gasteiger charge is -2.09. The Morgan fingerprint density at radius 3 is 2.81 bits per heavy atom. The molecule has 112 valence electrons. The Hall–Kier alpha value is -1.86. The third-order valence-electron chi connectivity index (χ3n) is 2.63. The lowest BCUT2D eigenvalue weighted by atomic mass is 10.3. The van der Waals surface area contributed by atoms with Crippen LogP contribution in [0.15, 0.2) is 45.9 Å². The second kappa shape index (κ2) is 7.24. The van der Waals surface area contributed by atoms with E-state index in [1.165, 1.54) is 12.3 Å². The molecule has 1 heterocycles. The molecule has 0 spiro atoms. The molecule has 2 rings (SSSR count). The zero-order valence-electron chi connectivity index (χ0n) is 10.9. The largest absolute Gasteiger partial charge is 0.467 e. The van der Waals surface area contributed by atoms with Crippen LogP contribution >= 0.6 is 11.8 Å². The first-order valence-corrected chi connectivity index (χ1v) is 7.11. The molecule has 0 saturated carbocycles. The number of hydrogen-bond acceptors (Lipinski definition) is 4. The van der Waals surface area contributed by atoms with Crippen LogP contribution in [0.1, 0.15) is 11.9 Å². The molecule has 1 aromatic heterocycles. The molecule has 1 amide bonds. The zero-order chi connectivity index (χ0) is 15.2. The number of hydrogen-bond donors (Lipinski definition) is 2. The maximum absolute atomic E-state index is 13.0. The highest BCUT2D eigenvalue weighted by Gasteiger charge is 2.12. The van der Waals surface area contributed by atoms with Crippen LogP contribution in [0.5, 0.6) is 0 Å². The average Bonchev–Trinajstić information content (AvgIpc) is 3.00. The second-order valence-electron chi connectivity index (χ2n) is 4.20. The first-order valence-electron chi connectivity index (χ1n) is 6.12. The summed E-state index contributed by atoms with van der Waals surface area (Å²) in [5, 5.41) is 12.2. The van der Waals surface area contributed by atoms with E-state index in [2.05, 4.69) is 5.32 Å². The van der Waals surface area contributed by atoms with E-state index < -0.39 is 17.7 Å². The smallest absolute Gasteiger partial charge is 0.230 e. The molecule has 0 aliphatic carbocycles. The quantitative estimate of drug-likeness (QED) is 0.804. The van der Waals surface area contributed by atoms with E-state index in [9.17, 15) is 18.7 Å². The van der Waals surface area contributed by atoms with Crippen LogP contribution in [0.2, 0.25) is 0 Å². The Bertz CT molecular complexity index is 604. The lowest BCUT2D eigenvalue weighted by molar-refractivity contribution is -0.119. The Kier molecular flexibility index (Phi) is 5.35. The summed E-state index contributed by atoms with van der Waals surface area (Å²) in [4.78, 5) is 12.1. The van der Waals surface area contributed by atoms with E-state index >= 15 is 0 Å². The topological polar surface area (TPSA) is 62.5 Å². The van der Waals surface area contributed by atoms with Crippen molar-refractivity contribution in [2.45, 2.75) is 11.0 Å². The SMILES string of the molecule is O=C(CSc1ccc(F)c(F)c1)NCC(O)c1ccco1. The van der Waals surface area contributed by atoms with Gasteiger partial charge in [0.15, 0.2) is 11.6 Å². The summed E-state index contributed by atoms with van der Waals surface area (Å²) in [6.45, 7) is 0.0185. The predicted octanol–water partition coefficient (Wildman–Crippen LogP) is 2.50. The van der Waals surface area contributed by atoms with E-state index in [4.69, 9.17) is 4.42 Å². The molecule has 1 atom stereocenters.